The van der Waals surface area contributed by atoms with Crippen LogP contribution >= 0.6 is 0 Å². The molecule has 0 aromatic rings. The molecule has 1 aliphatic rings. The van der Waals surface area contributed by atoms with Crippen molar-refractivity contribution in [2.45, 2.75) is 45.2 Å². The van der Waals surface area contributed by atoms with Gasteiger partial charge >= 0.3 is 0 Å². The summed E-state index contributed by atoms with van der Waals surface area (Å²) in [5, 5.41) is 3.24. The van der Waals surface area contributed by atoms with Crippen molar-refractivity contribution in [3.05, 3.63) is 0 Å². The van der Waals surface area contributed by atoms with E-state index in [4.69, 9.17) is 4.74 Å². The summed E-state index contributed by atoms with van der Waals surface area (Å²) in [5.74, 6) is 0.208. The van der Waals surface area contributed by atoms with Crippen LogP contribution in [0.5, 0.6) is 0 Å². The van der Waals surface area contributed by atoms with Gasteiger partial charge < -0.3 is 15.0 Å². The second-order valence-electron chi connectivity index (χ2n) is 4.50. The number of amides is 1. The molecule has 0 spiro atoms. The Bertz CT molecular complexity index is 217. The molecule has 94 valence electrons. The Labute approximate surface area is 98.3 Å². The van der Waals surface area contributed by atoms with Crippen LogP contribution in [0.15, 0.2) is 0 Å². The zero-order chi connectivity index (χ0) is 12.0. The van der Waals surface area contributed by atoms with E-state index in [1.807, 2.05) is 4.90 Å². The highest BCUT2D eigenvalue weighted by Crippen LogP contribution is 2.26. The lowest BCUT2D eigenvalue weighted by atomic mass is 10.2. The molecule has 1 aliphatic carbocycles. The summed E-state index contributed by atoms with van der Waals surface area (Å²) in [6, 6.07) is 0.883. The van der Waals surface area contributed by atoms with Gasteiger partial charge in [0.15, 0.2) is 0 Å². The van der Waals surface area contributed by atoms with Crippen molar-refractivity contribution in [1.82, 2.24) is 10.2 Å². The first-order valence-corrected chi connectivity index (χ1v) is 6.20. The first kappa shape index (κ1) is 13.5. The molecule has 1 saturated carbocycles. The number of carbonyl (C=O) groups is 1. The van der Waals surface area contributed by atoms with Gasteiger partial charge in [-0.1, -0.05) is 6.92 Å². The summed E-state index contributed by atoms with van der Waals surface area (Å²) in [7, 11) is 1.67. The summed E-state index contributed by atoms with van der Waals surface area (Å²) in [6.45, 7) is 6.03. The number of hydrogen-bond donors (Lipinski definition) is 1. The van der Waals surface area contributed by atoms with Crippen LogP contribution in [-0.4, -0.2) is 49.7 Å². The van der Waals surface area contributed by atoms with E-state index in [1.54, 1.807) is 7.11 Å². The van der Waals surface area contributed by atoms with Gasteiger partial charge in [-0.2, -0.15) is 0 Å². The van der Waals surface area contributed by atoms with Crippen molar-refractivity contribution in [1.29, 1.82) is 0 Å². The fourth-order valence-electron chi connectivity index (χ4n) is 1.59. The van der Waals surface area contributed by atoms with Gasteiger partial charge in [0.2, 0.25) is 5.91 Å². The molecule has 0 aromatic heterocycles. The van der Waals surface area contributed by atoms with Gasteiger partial charge in [0.25, 0.3) is 0 Å². The van der Waals surface area contributed by atoms with Gasteiger partial charge in [0, 0.05) is 25.7 Å². The molecule has 1 N–H and O–H groups in total. The Hall–Kier alpha value is -0.610. The Morgan fingerprint density at radius 2 is 2.25 bits per heavy atom. The van der Waals surface area contributed by atoms with Gasteiger partial charge in [0.05, 0.1) is 13.2 Å². The Kier molecular flexibility index (Phi) is 5.77. The van der Waals surface area contributed by atoms with E-state index in [-0.39, 0.29) is 5.91 Å². The van der Waals surface area contributed by atoms with Crippen molar-refractivity contribution >= 4 is 5.91 Å². The van der Waals surface area contributed by atoms with Crippen LogP contribution in [-0.2, 0) is 9.53 Å². The summed E-state index contributed by atoms with van der Waals surface area (Å²) < 4.78 is 5.03. The third-order valence-electron chi connectivity index (χ3n) is 3.06. The minimum Gasteiger partial charge on any atom is -0.383 e. The average Bonchev–Trinajstić information content (AvgIpc) is 3.10. The minimum atomic E-state index is 0.208. The van der Waals surface area contributed by atoms with E-state index in [0.29, 0.717) is 25.2 Å². The molecule has 1 unspecified atom stereocenters. The summed E-state index contributed by atoms with van der Waals surface area (Å²) >= 11 is 0. The van der Waals surface area contributed by atoms with Crippen LogP contribution in [0.1, 0.15) is 33.1 Å². The fraction of sp³-hybridized carbons (Fsp3) is 0.917. The van der Waals surface area contributed by atoms with Gasteiger partial charge in [0.1, 0.15) is 0 Å². The Morgan fingerprint density at radius 1 is 1.56 bits per heavy atom. The second kappa shape index (κ2) is 6.86. The molecule has 0 heterocycles. The Balaban J connectivity index is 2.29. The number of rotatable bonds is 8. The molecule has 1 amide bonds. The lowest BCUT2D eigenvalue weighted by Crippen LogP contribution is -2.43. The Morgan fingerprint density at radius 3 is 2.75 bits per heavy atom. The highest BCUT2D eigenvalue weighted by molar-refractivity contribution is 5.79. The summed E-state index contributed by atoms with van der Waals surface area (Å²) in [6.07, 6.45) is 3.35. The van der Waals surface area contributed by atoms with Crippen LogP contribution in [0.3, 0.4) is 0 Å². The predicted octanol–water partition coefficient (Wildman–Crippen LogP) is 1.01. The summed E-state index contributed by atoms with van der Waals surface area (Å²) in [4.78, 5) is 13.9. The molecule has 0 bridgehead atoms. The lowest BCUT2D eigenvalue weighted by molar-refractivity contribution is -0.131. The number of ether oxygens (including phenoxy) is 1. The van der Waals surface area contributed by atoms with E-state index in [9.17, 15) is 4.79 Å². The van der Waals surface area contributed by atoms with Gasteiger partial charge in [-0.25, -0.2) is 0 Å². The number of carbonyl (C=O) groups excluding carboxylic acids is 1. The largest absolute Gasteiger partial charge is 0.383 e. The van der Waals surface area contributed by atoms with Crippen LogP contribution in [0.4, 0.5) is 0 Å². The first-order valence-electron chi connectivity index (χ1n) is 6.20. The van der Waals surface area contributed by atoms with Gasteiger partial charge in [-0.3, -0.25) is 4.79 Å². The minimum absolute atomic E-state index is 0.208. The molecule has 4 nitrogen and oxygen atoms in total. The quantitative estimate of drug-likeness (QED) is 0.674. The standard InChI is InChI=1S/C12H24N2O2/c1-4-10(2)13-9-12(15)14(7-8-16-3)11-5-6-11/h10-11,13H,4-9H2,1-3H3. The molecule has 0 saturated heterocycles. The topological polar surface area (TPSA) is 41.6 Å². The maximum absolute atomic E-state index is 12.0. The van der Waals surface area contributed by atoms with E-state index in [0.717, 1.165) is 25.8 Å². The van der Waals surface area contributed by atoms with Crippen molar-refractivity contribution in [2.75, 3.05) is 26.8 Å². The average molecular weight is 228 g/mol. The monoisotopic (exact) mass is 228 g/mol. The van der Waals surface area contributed by atoms with Crippen molar-refractivity contribution in [3.63, 3.8) is 0 Å². The zero-order valence-electron chi connectivity index (χ0n) is 10.7. The van der Waals surface area contributed by atoms with Crippen LogP contribution < -0.4 is 5.32 Å². The predicted molar refractivity (Wildman–Crippen MR) is 64.4 cm³/mol. The maximum Gasteiger partial charge on any atom is 0.236 e. The van der Waals surface area contributed by atoms with Crippen molar-refractivity contribution in [3.8, 4) is 0 Å². The highest BCUT2D eigenvalue weighted by Gasteiger charge is 2.31. The molecule has 0 aromatic carbocycles. The highest BCUT2D eigenvalue weighted by atomic mass is 16.5. The molecule has 0 radical (unpaired) electrons. The van der Waals surface area contributed by atoms with E-state index in [1.165, 1.54) is 0 Å². The maximum atomic E-state index is 12.0. The third kappa shape index (κ3) is 4.49. The molecule has 1 rings (SSSR count). The number of nitrogens with one attached hydrogen (secondary N) is 1. The first-order chi connectivity index (χ1) is 7.69. The number of hydrogen-bond acceptors (Lipinski definition) is 3. The smallest absolute Gasteiger partial charge is 0.236 e. The molecule has 16 heavy (non-hydrogen) atoms. The molecule has 0 aliphatic heterocycles. The third-order valence-corrected chi connectivity index (χ3v) is 3.06. The van der Waals surface area contributed by atoms with Gasteiger partial charge in [-0.15, -0.1) is 0 Å². The molecule has 1 atom stereocenters. The van der Waals surface area contributed by atoms with E-state index >= 15 is 0 Å². The summed E-state index contributed by atoms with van der Waals surface area (Å²) in [5.41, 5.74) is 0. The number of nitrogens with zero attached hydrogens (tertiary/aromatic N) is 1. The second-order valence-corrected chi connectivity index (χ2v) is 4.50. The van der Waals surface area contributed by atoms with E-state index < -0.39 is 0 Å². The SMILES string of the molecule is CCC(C)NCC(=O)N(CCOC)C1CC1. The fourth-order valence-corrected chi connectivity index (χ4v) is 1.59. The van der Waals surface area contributed by atoms with Crippen molar-refractivity contribution in [2.24, 2.45) is 0 Å². The molecule has 1 fully saturated rings. The number of methoxy groups -OCH3 is 1. The zero-order valence-corrected chi connectivity index (χ0v) is 10.7. The van der Waals surface area contributed by atoms with Crippen LogP contribution in [0.25, 0.3) is 0 Å². The molecule has 4 heteroatoms. The van der Waals surface area contributed by atoms with Gasteiger partial charge in [-0.05, 0) is 26.2 Å². The molecular formula is C12H24N2O2. The van der Waals surface area contributed by atoms with E-state index in [2.05, 4.69) is 19.2 Å². The normalized spacial score (nSPS) is 17.2. The van der Waals surface area contributed by atoms with Crippen LogP contribution in [0.2, 0.25) is 0 Å². The molecular weight excluding hydrogens is 204 g/mol. The van der Waals surface area contributed by atoms with Crippen molar-refractivity contribution < 1.29 is 9.53 Å². The lowest BCUT2D eigenvalue weighted by Gasteiger charge is -2.23. The van der Waals surface area contributed by atoms with Crippen LogP contribution in [0, 0.1) is 0 Å².